The maximum Gasteiger partial charge on any atom is 0.332 e. The third kappa shape index (κ3) is 3.98. The van der Waals surface area contributed by atoms with E-state index in [4.69, 9.17) is 11.6 Å². The Kier molecular flexibility index (Phi) is 5.53. The van der Waals surface area contributed by atoms with E-state index in [1.54, 1.807) is 23.1 Å². The number of likely N-dealkylation sites (tertiary alicyclic amines) is 1. The minimum absolute atomic E-state index is 0.0336. The summed E-state index contributed by atoms with van der Waals surface area (Å²) in [5.41, 5.74) is 1.41. The van der Waals surface area contributed by atoms with Gasteiger partial charge in [0.1, 0.15) is 6.54 Å². The fourth-order valence-electron chi connectivity index (χ4n) is 3.98. The van der Waals surface area contributed by atoms with Crippen molar-refractivity contribution in [3.05, 3.63) is 65.2 Å². The van der Waals surface area contributed by atoms with Crippen LogP contribution >= 0.6 is 11.6 Å². The Hall–Kier alpha value is -2.86. The van der Waals surface area contributed by atoms with Gasteiger partial charge in [-0.25, -0.2) is 9.69 Å². The van der Waals surface area contributed by atoms with Crippen molar-refractivity contribution in [1.29, 1.82) is 0 Å². The highest BCUT2D eigenvalue weighted by Gasteiger charge is 2.41. The van der Waals surface area contributed by atoms with Gasteiger partial charge < -0.3 is 9.80 Å². The highest BCUT2D eigenvalue weighted by atomic mass is 35.5. The molecule has 2 aromatic rings. The van der Waals surface area contributed by atoms with Crippen LogP contribution in [0, 0.1) is 0 Å². The van der Waals surface area contributed by atoms with E-state index in [-0.39, 0.29) is 36.9 Å². The molecule has 0 spiro atoms. The van der Waals surface area contributed by atoms with Gasteiger partial charge in [-0.15, -0.1) is 0 Å². The van der Waals surface area contributed by atoms with Gasteiger partial charge in [0, 0.05) is 24.2 Å². The number of hydrogen-bond acceptors (Lipinski definition) is 3. The number of carbonyl (C=O) groups excluding carboxylic acids is 3. The first-order valence-corrected chi connectivity index (χ1v) is 10.1. The second-order valence-corrected chi connectivity index (χ2v) is 7.76. The van der Waals surface area contributed by atoms with Crippen molar-refractivity contribution in [3.63, 3.8) is 0 Å². The lowest BCUT2D eigenvalue weighted by molar-refractivity contribution is -0.132. The van der Waals surface area contributed by atoms with Crippen molar-refractivity contribution in [2.75, 3.05) is 24.5 Å². The van der Waals surface area contributed by atoms with E-state index in [0.29, 0.717) is 36.6 Å². The summed E-state index contributed by atoms with van der Waals surface area (Å²) in [7, 11) is 0. The summed E-state index contributed by atoms with van der Waals surface area (Å²) in [4.78, 5) is 42.6. The molecular formula is C22H22ClN3O3. The van der Waals surface area contributed by atoms with Crippen LogP contribution in [0.4, 0.5) is 10.5 Å². The van der Waals surface area contributed by atoms with Crippen LogP contribution in [0.5, 0.6) is 0 Å². The molecule has 6 nitrogen and oxygen atoms in total. The predicted octanol–water partition coefficient (Wildman–Crippen LogP) is 3.34. The maximum absolute atomic E-state index is 12.8. The largest absolute Gasteiger partial charge is 0.342 e. The summed E-state index contributed by atoms with van der Waals surface area (Å²) >= 11 is 6.16. The van der Waals surface area contributed by atoms with Gasteiger partial charge in [-0.3, -0.25) is 9.59 Å². The molecule has 0 unspecified atom stereocenters. The van der Waals surface area contributed by atoms with Crippen molar-refractivity contribution < 1.29 is 14.4 Å². The molecule has 4 amide bonds. The summed E-state index contributed by atoms with van der Waals surface area (Å²) in [5, 5.41) is 0.595. The van der Waals surface area contributed by atoms with Crippen molar-refractivity contribution in [1.82, 2.24) is 9.80 Å². The second kappa shape index (κ2) is 8.25. The van der Waals surface area contributed by atoms with E-state index in [1.807, 2.05) is 41.3 Å². The molecule has 0 saturated carbocycles. The number of rotatable bonds is 4. The van der Waals surface area contributed by atoms with E-state index in [2.05, 4.69) is 0 Å². The van der Waals surface area contributed by atoms with Crippen molar-refractivity contribution >= 4 is 35.1 Å². The van der Waals surface area contributed by atoms with E-state index >= 15 is 0 Å². The standard InChI is InChI=1S/C22H22ClN3O3/c23-19-9-5-4-6-16(19)14-20(27)24-12-10-17(11-13-24)25-15-21(28)26(22(25)29)18-7-2-1-3-8-18/h1-9,17H,10-15H2. The molecule has 29 heavy (non-hydrogen) atoms. The monoisotopic (exact) mass is 411 g/mol. The van der Waals surface area contributed by atoms with Gasteiger partial charge >= 0.3 is 6.03 Å². The van der Waals surface area contributed by atoms with Gasteiger partial charge in [-0.2, -0.15) is 0 Å². The molecule has 0 bridgehead atoms. The average Bonchev–Trinajstić information content (AvgIpc) is 3.04. The highest BCUT2D eigenvalue weighted by Crippen LogP contribution is 2.26. The van der Waals surface area contributed by atoms with Crippen LogP contribution in [-0.4, -0.2) is 53.3 Å². The maximum atomic E-state index is 12.8. The van der Waals surface area contributed by atoms with Gasteiger partial charge in [0.2, 0.25) is 5.91 Å². The number of anilines is 1. The predicted molar refractivity (Wildman–Crippen MR) is 111 cm³/mol. The van der Waals surface area contributed by atoms with E-state index in [0.717, 1.165) is 5.56 Å². The molecule has 0 atom stereocenters. The van der Waals surface area contributed by atoms with Crippen LogP contribution in [0.15, 0.2) is 54.6 Å². The molecule has 0 aromatic heterocycles. The van der Waals surface area contributed by atoms with Crippen LogP contribution < -0.4 is 4.90 Å². The number of para-hydroxylation sites is 1. The van der Waals surface area contributed by atoms with Crippen molar-refractivity contribution in [2.24, 2.45) is 0 Å². The smallest absolute Gasteiger partial charge is 0.332 e. The third-order valence-electron chi connectivity index (χ3n) is 5.56. The van der Waals surface area contributed by atoms with Crippen LogP contribution in [0.3, 0.4) is 0 Å². The molecular weight excluding hydrogens is 390 g/mol. The zero-order valence-electron chi connectivity index (χ0n) is 16.0. The van der Waals surface area contributed by atoms with Gasteiger partial charge in [0.05, 0.1) is 12.1 Å². The molecule has 2 saturated heterocycles. The van der Waals surface area contributed by atoms with Crippen LogP contribution in [0.25, 0.3) is 0 Å². The first kappa shape index (κ1) is 19.5. The normalized spacial score (nSPS) is 17.9. The van der Waals surface area contributed by atoms with Crippen molar-refractivity contribution in [2.45, 2.75) is 25.3 Å². The lowest BCUT2D eigenvalue weighted by Gasteiger charge is -2.36. The molecule has 0 aliphatic carbocycles. The minimum atomic E-state index is -0.276. The zero-order valence-corrected chi connectivity index (χ0v) is 16.7. The summed E-state index contributed by atoms with van der Waals surface area (Å²) in [6.07, 6.45) is 1.60. The molecule has 7 heteroatoms. The number of urea groups is 1. The number of amides is 4. The summed E-state index contributed by atoms with van der Waals surface area (Å²) in [6.45, 7) is 1.22. The number of hydrogen-bond donors (Lipinski definition) is 0. The minimum Gasteiger partial charge on any atom is -0.342 e. The van der Waals surface area contributed by atoms with E-state index in [1.165, 1.54) is 4.90 Å². The molecule has 0 N–H and O–H groups in total. The summed E-state index contributed by atoms with van der Waals surface area (Å²) in [6, 6.07) is 16.0. The Morgan fingerprint density at radius 2 is 1.62 bits per heavy atom. The summed E-state index contributed by atoms with van der Waals surface area (Å²) in [5.74, 6) is -0.176. The lowest BCUT2D eigenvalue weighted by atomic mass is 10.0. The molecule has 0 radical (unpaired) electrons. The Morgan fingerprint density at radius 1 is 0.966 bits per heavy atom. The summed E-state index contributed by atoms with van der Waals surface area (Å²) < 4.78 is 0. The van der Waals surface area contributed by atoms with Crippen LogP contribution in [-0.2, 0) is 16.0 Å². The highest BCUT2D eigenvalue weighted by molar-refractivity contribution is 6.31. The number of imide groups is 1. The number of carbonyl (C=O) groups is 3. The second-order valence-electron chi connectivity index (χ2n) is 7.36. The fraction of sp³-hybridized carbons (Fsp3) is 0.318. The van der Waals surface area contributed by atoms with Crippen molar-refractivity contribution in [3.8, 4) is 0 Å². The Balaban J connectivity index is 1.36. The molecule has 4 rings (SSSR count). The van der Waals surface area contributed by atoms with Gasteiger partial charge in [0.15, 0.2) is 0 Å². The SMILES string of the molecule is O=C(Cc1ccccc1Cl)N1CCC(N2CC(=O)N(c3ccccc3)C2=O)CC1. The van der Waals surface area contributed by atoms with E-state index in [9.17, 15) is 14.4 Å². The Morgan fingerprint density at radius 3 is 2.31 bits per heavy atom. The number of nitrogens with zero attached hydrogens (tertiary/aromatic N) is 3. The molecule has 2 fully saturated rings. The third-order valence-corrected chi connectivity index (χ3v) is 5.93. The number of piperidine rings is 1. The molecule has 2 heterocycles. The van der Waals surface area contributed by atoms with Crippen LogP contribution in [0.1, 0.15) is 18.4 Å². The molecule has 150 valence electrons. The lowest BCUT2D eigenvalue weighted by Crippen LogP contribution is -2.48. The van der Waals surface area contributed by atoms with Gasteiger partial charge in [-0.1, -0.05) is 48.0 Å². The zero-order chi connectivity index (χ0) is 20.4. The van der Waals surface area contributed by atoms with E-state index < -0.39 is 0 Å². The average molecular weight is 412 g/mol. The van der Waals surface area contributed by atoms with Gasteiger partial charge in [0.25, 0.3) is 5.91 Å². The number of halogens is 1. The Labute approximate surface area is 174 Å². The fourth-order valence-corrected chi connectivity index (χ4v) is 4.18. The first-order chi connectivity index (χ1) is 14.0. The number of benzene rings is 2. The topological polar surface area (TPSA) is 60.9 Å². The molecule has 2 aromatic carbocycles. The molecule has 2 aliphatic heterocycles. The van der Waals surface area contributed by atoms with Crippen LogP contribution in [0.2, 0.25) is 5.02 Å². The molecule has 2 aliphatic rings. The Bertz CT molecular complexity index is 926. The quantitative estimate of drug-likeness (QED) is 0.725. The first-order valence-electron chi connectivity index (χ1n) is 9.74. The van der Waals surface area contributed by atoms with Gasteiger partial charge in [-0.05, 0) is 36.6 Å².